The van der Waals surface area contributed by atoms with Crippen LogP contribution in [0, 0.1) is 0 Å². The molecule has 0 saturated carbocycles. The Morgan fingerprint density at radius 2 is 2.06 bits per heavy atom. The highest BCUT2D eigenvalue weighted by Gasteiger charge is 2.23. The third-order valence-corrected chi connectivity index (χ3v) is 3.15. The Bertz CT molecular complexity index is 350. The van der Waals surface area contributed by atoms with Gasteiger partial charge in [-0.3, -0.25) is 4.79 Å². The minimum Gasteiger partial charge on any atom is -0.370 e. The number of para-hydroxylation sites is 1. The zero-order valence-electron chi connectivity index (χ0n) is 9.43. The summed E-state index contributed by atoms with van der Waals surface area (Å²) in [6.07, 6.45) is 3.93. The van der Waals surface area contributed by atoms with Gasteiger partial charge in [0.25, 0.3) is 0 Å². The molecule has 16 heavy (non-hydrogen) atoms. The van der Waals surface area contributed by atoms with E-state index in [4.69, 9.17) is 5.73 Å². The summed E-state index contributed by atoms with van der Waals surface area (Å²) in [6, 6.07) is 10.6. The number of carbonyl (C=O) groups excluding carboxylic acids is 1. The molecule has 1 unspecified atom stereocenters. The highest BCUT2D eigenvalue weighted by atomic mass is 16.1. The lowest BCUT2D eigenvalue weighted by Crippen LogP contribution is -2.41. The lowest BCUT2D eigenvalue weighted by Gasteiger charge is -2.37. The molecule has 1 aromatic rings. The summed E-state index contributed by atoms with van der Waals surface area (Å²) in [6.45, 7) is 1.03. The third-order valence-electron chi connectivity index (χ3n) is 3.15. The summed E-state index contributed by atoms with van der Waals surface area (Å²) < 4.78 is 0. The predicted molar refractivity (Wildman–Crippen MR) is 65.2 cm³/mol. The van der Waals surface area contributed by atoms with Crippen molar-refractivity contribution in [3.63, 3.8) is 0 Å². The summed E-state index contributed by atoms with van der Waals surface area (Å²) in [7, 11) is 0. The van der Waals surface area contributed by atoms with E-state index in [0.717, 1.165) is 13.0 Å². The Morgan fingerprint density at radius 1 is 1.31 bits per heavy atom. The van der Waals surface area contributed by atoms with Crippen molar-refractivity contribution in [3.8, 4) is 0 Å². The van der Waals surface area contributed by atoms with Crippen molar-refractivity contribution >= 4 is 11.6 Å². The predicted octanol–water partition coefficient (Wildman–Crippen LogP) is 1.92. The number of amides is 1. The zero-order chi connectivity index (χ0) is 11.4. The second kappa shape index (κ2) is 5.01. The highest BCUT2D eigenvalue weighted by Crippen LogP contribution is 2.25. The molecular weight excluding hydrogens is 200 g/mol. The van der Waals surface area contributed by atoms with Gasteiger partial charge in [0.1, 0.15) is 0 Å². The lowest BCUT2D eigenvalue weighted by molar-refractivity contribution is -0.118. The number of piperidine rings is 1. The van der Waals surface area contributed by atoms with Crippen LogP contribution in [-0.4, -0.2) is 18.5 Å². The summed E-state index contributed by atoms with van der Waals surface area (Å²) in [5.41, 5.74) is 6.50. The molecule has 1 atom stereocenters. The summed E-state index contributed by atoms with van der Waals surface area (Å²) in [5, 5.41) is 0. The largest absolute Gasteiger partial charge is 0.370 e. The maximum Gasteiger partial charge on any atom is 0.219 e. The number of anilines is 1. The molecule has 1 fully saturated rings. The summed E-state index contributed by atoms with van der Waals surface area (Å²) in [4.78, 5) is 13.4. The number of nitrogens with two attached hydrogens (primary N) is 1. The minimum absolute atomic E-state index is 0.201. The van der Waals surface area contributed by atoms with Gasteiger partial charge in [0.05, 0.1) is 0 Å². The van der Waals surface area contributed by atoms with Crippen LogP contribution in [0.25, 0.3) is 0 Å². The molecule has 1 aliphatic rings. The molecule has 0 spiro atoms. The molecule has 2 N–H and O–H groups in total. The minimum atomic E-state index is -0.201. The average Bonchev–Trinajstić information content (AvgIpc) is 2.30. The fraction of sp³-hybridized carbons (Fsp3) is 0.462. The number of nitrogens with zero attached hydrogens (tertiary/aromatic N) is 1. The van der Waals surface area contributed by atoms with Crippen molar-refractivity contribution in [3.05, 3.63) is 30.3 Å². The smallest absolute Gasteiger partial charge is 0.219 e. The maximum absolute atomic E-state index is 11.0. The van der Waals surface area contributed by atoms with Crippen LogP contribution in [0.15, 0.2) is 30.3 Å². The van der Waals surface area contributed by atoms with Crippen LogP contribution in [-0.2, 0) is 4.79 Å². The van der Waals surface area contributed by atoms with Crippen LogP contribution < -0.4 is 10.6 Å². The molecule has 1 heterocycles. The second-order valence-electron chi connectivity index (χ2n) is 4.35. The van der Waals surface area contributed by atoms with Gasteiger partial charge < -0.3 is 10.6 Å². The topological polar surface area (TPSA) is 46.3 Å². The van der Waals surface area contributed by atoms with Gasteiger partial charge >= 0.3 is 0 Å². The van der Waals surface area contributed by atoms with Gasteiger partial charge in [-0.2, -0.15) is 0 Å². The molecule has 0 bridgehead atoms. The van der Waals surface area contributed by atoms with Crippen molar-refractivity contribution in [2.45, 2.75) is 31.7 Å². The molecule has 86 valence electrons. The molecule has 1 aliphatic heterocycles. The van der Waals surface area contributed by atoms with Crippen LogP contribution in [0.4, 0.5) is 5.69 Å². The first kappa shape index (κ1) is 11.0. The number of benzene rings is 1. The Morgan fingerprint density at radius 3 is 2.75 bits per heavy atom. The van der Waals surface area contributed by atoms with Crippen molar-refractivity contribution in [1.29, 1.82) is 0 Å². The molecule has 2 rings (SSSR count). The second-order valence-corrected chi connectivity index (χ2v) is 4.35. The van der Waals surface area contributed by atoms with Crippen LogP contribution in [0.2, 0.25) is 0 Å². The Balaban J connectivity index is 2.13. The van der Waals surface area contributed by atoms with E-state index in [1.165, 1.54) is 18.5 Å². The SMILES string of the molecule is NC(=O)CC1CCCCN1c1ccccc1. The van der Waals surface area contributed by atoms with E-state index in [1.807, 2.05) is 18.2 Å². The van der Waals surface area contributed by atoms with Gasteiger partial charge in [-0.15, -0.1) is 0 Å². The molecular formula is C13H18N2O. The van der Waals surface area contributed by atoms with Crippen molar-refractivity contribution < 1.29 is 4.79 Å². The van der Waals surface area contributed by atoms with Crippen molar-refractivity contribution in [1.82, 2.24) is 0 Å². The van der Waals surface area contributed by atoms with Gasteiger partial charge in [-0.05, 0) is 31.4 Å². The molecule has 0 aromatic heterocycles. The zero-order valence-corrected chi connectivity index (χ0v) is 9.43. The van der Waals surface area contributed by atoms with Gasteiger partial charge in [0.15, 0.2) is 0 Å². The summed E-state index contributed by atoms with van der Waals surface area (Å²) in [5.74, 6) is -0.201. The van der Waals surface area contributed by atoms with Crippen LogP contribution in [0.5, 0.6) is 0 Å². The Kier molecular flexibility index (Phi) is 3.44. The molecule has 3 heteroatoms. The van der Waals surface area contributed by atoms with E-state index < -0.39 is 0 Å². The van der Waals surface area contributed by atoms with E-state index in [-0.39, 0.29) is 11.9 Å². The quantitative estimate of drug-likeness (QED) is 0.842. The number of carbonyl (C=O) groups is 1. The van der Waals surface area contributed by atoms with Gasteiger partial charge in [0, 0.05) is 24.7 Å². The molecule has 1 aromatic carbocycles. The highest BCUT2D eigenvalue weighted by molar-refractivity contribution is 5.75. The van der Waals surface area contributed by atoms with Crippen LogP contribution in [0.3, 0.4) is 0 Å². The van der Waals surface area contributed by atoms with Crippen molar-refractivity contribution in [2.24, 2.45) is 5.73 Å². The molecule has 1 saturated heterocycles. The number of hydrogen-bond donors (Lipinski definition) is 1. The fourth-order valence-corrected chi connectivity index (χ4v) is 2.40. The molecule has 0 radical (unpaired) electrons. The monoisotopic (exact) mass is 218 g/mol. The van der Waals surface area contributed by atoms with Crippen molar-refractivity contribution in [2.75, 3.05) is 11.4 Å². The first-order valence-electron chi connectivity index (χ1n) is 5.87. The van der Waals surface area contributed by atoms with E-state index in [2.05, 4.69) is 17.0 Å². The average molecular weight is 218 g/mol. The molecule has 0 aliphatic carbocycles. The van der Waals surface area contributed by atoms with E-state index in [1.54, 1.807) is 0 Å². The van der Waals surface area contributed by atoms with Gasteiger partial charge in [-0.25, -0.2) is 0 Å². The Hall–Kier alpha value is -1.51. The van der Waals surface area contributed by atoms with Gasteiger partial charge in [-0.1, -0.05) is 18.2 Å². The number of rotatable bonds is 3. The molecule has 3 nitrogen and oxygen atoms in total. The Labute approximate surface area is 96.2 Å². The fourth-order valence-electron chi connectivity index (χ4n) is 2.40. The maximum atomic E-state index is 11.0. The standard InChI is InChI=1S/C13H18N2O/c14-13(16)10-12-8-4-5-9-15(12)11-6-2-1-3-7-11/h1-3,6-7,12H,4-5,8-10H2,(H2,14,16). The molecule has 1 amide bonds. The number of primary amides is 1. The first-order valence-corrected chi connectivity index (χ1v) is 5.87. The van der Waals surface area contributed by atoms with Crippen LogP contribution in [0.1, 0.15) is 25.7 Å². The van der Waals surface area contributed by atoms with E-state index in [9.17, 15) is 4.79 Å². The first-order chi connectivity index (χ1) is 7.77. The van der Waals surface area contributed by atoms with Gasteiger partial charge in [0.2, 0.25) is 5.91 Å². The third kappa shape index (κ3) is 2.54. The van der Waals surface area contributed by atoms with Crippen LogP contribution >= 0.6 is 0 Å². The lowest BCUT2D eigenvalue weighted by atomic mass is 9.98. The van der Waals surface area contributed by atoms with E-state index >= 15 is 0 Å². The number of hydrogen-bond acceptors (Lipinski definition) is 2. The van der Waals surface area contributed by atoms with E-state index in [0.29, 0.717) is 6.42 Å². The summed E-state index contributed by atoms with van der Waals surface area (Å²) >= 11 is 0. The normalized spacial score (nSPS) is 20.8.